The number of nitro groups is 1. The van der Waals surface area contributed by atoms with Gasteiger partial charge in [-0.15, -0.1) is 0 Å². The maximum Gasteiger partial charge on any atom is 0.324 e. The molecule has 8 nitrogen and oxygen atoms in total. The topological polar surface area (TPSA) is 97.3 Å². The Balaban J connectivity index is 1.77. The minimum Gasteiger partial charge on any atom is -0.333 e. The Morgan fingerprint density at radius 3 is 2.90 bits per heavy atom. The van der Waals surface area contributed by atoms with Crippen LogP contribution < -0.4 is 5.32 Å². The largest absolute Gasteiger partial charge is 0.333 e. The van der Waals surface area contributed by atoms with Crippen molar-refractivity contribution < 1.29 is 9.45 Å². The predicted molar refractivity (Wildman–Crippen MR) is 77.1 cm³/mol. The Morgan fingerprint density at radius 2 is 2.24 bits per heavy atom. The molecule has 9 heteroatoms. The van der Waals surface area contributed by atoms with E-state index in [-0.39, 0.29) is 11.0 Å². The van der Waals surface area contributed by atoms with Gasteiger partial charge >= 0.3 is 5.00 Å². The van der Waals surface area contributed by atoms with E-state index in [1.807, 2.05) is 6.92 Å². The third-order valence-corrected chi connectivity index (χ3v) is 4.52. The van der Waals surface area contributed by atoms with Gasteiger partial charge in [-0.1, -0.05) is 16.5 Å². The van der Waals surface area contributed by atoms with Crippen molar-refractivity contribution in [1.82, 2.24) is 20.4 Å². The van der Waals surface area contributed by atoms with Crippen LogP contribution in [0, 0.1) is 10.1 Å². The van der Waals surface area contributed by atoms with E-state index in [9.17, 15) is 10.1 Å². The van der Waals surface area contributed by atoms with Crippen LogP contribution in [0.5, 0.6) is 0 Å². The molecule has 0 radical (unpaired) electrons. The van der Waals surface area contributed by atoms with Crippen LogP contribution in [0.1, 0.15) is 18.8 Å². The number of hydrogen-bond acceptors (Lipinski definition) is 8. The first kappa shape index (κ1) is 14.1. The second kappa shape index (κ2) is 5.88. The van der Waals surface area contributed by atoms with E-state index in [4.69, 9.17) is 4.52 Å². The summed E-state index contributed by atoms with van der Waals surface area (Å²) in [5.74, 6) is 0.952. The van der Waals surface area contributed by atoms with Gasteiger partial charge in [-0.3, -0.25) is 15.0 Å². The summed E-state index contributed by atoms with van der Waals surface area (Å²) < 4.78 is 5.24. The molecule has 0 amide bonds. The maximum atomic E-state index is 10.7. The van der Waals surface area contributed by atoms with Crippen LogP contribution in [0.4, 0.5) is 5.00 Å². The summed E-state index contributed by atoms with van der Waals surface area (Å²) in [6, 6.07) is 3.15. The van der Waals surface area contributed by atoms with Gasteiger partial charge in [0.25, 0.3) is 5.89 Å². The quantitative estimate of drug-likeness (QED) is 0.677. The molecule has 0 bridgehead atoms. The lowest BCUT2D eigenvalue weighted by Crippen LogP contribution is -2.44. The fourth-order valence-corrected chi connectivity index (χ4v) is 3.02. The van der Waals surface area contributed by atoms with Crippen LogP contribution in [-0.4, -0.2) is 46.1 Å². The summed E-state index contributed by atoms with van der Waals surface area (Å²) in [5, 5.41) is 18.1. The summed E-state index contributed by atoms with van der Waals surface area (Å²) >= 11 is 1.04. The molecular formula is C12H15N5O3S. The monoisotopic (exact) mass is 309 g/mol. The van der Waals surface area contributed by atoms with E-state index in [0.717, 1.165) is 37.5 Å². The minimum absolute atomic E-state index is 0.0690. The zero-order valence-electron chi connectivity index (χ0n) is 11.5. The molecule has 1 aliphatic heterocycles. The highest BCUT2D eigenvalue weighted by Gasteiger charge is 2.23. The molecule has 2 aromatic heterocycles. The number of hydrogen-bond donors (Lipinski definition) is 1. The van der Waals surface area contributed by atoms with Crippen molar-refractivity contribution in [3.05, 3.63) is 28.1 Å². The summed E-state index contributed by atoms with van der Waals surface area (Å²) in [4.78, 5) is 17.6. The van der Waals surface area contributed by atoms with Crippen molar-refractivity contribution >= 4 is 16.3 Å². The Kier molecular flexibility index (Phi) is 3.95. The van der Waals surface area contributed by atoms with Crippen molar-refractivity contribution in [2.45, 2.75) is 13.0 Å². The molecule has 1 atom stereocenters. The molecule has 1 N–H and O–H groups in total. The van der Waals surface area contributed by atoms with E-state index in [1.54, 1.807) is 6.07 Å². The summed E-state index contributed by atoms with van der Waals surface area (Å²) in [6.45, 7) is 5.82. The van der Waals surface area contributed by atoms with E-state index in [2.05, 4.69) is 20.4 Å². The molecule has 0 saturated carbocycles. The third kappa shape index (κ3) is 2.94. The van der Waals surface area contributed by atoms with E-state index >= 15 is 0 Å². The van der Waals surface area contributed by atoms with Crippen LogP contribution in [-0.2, 0) is 0 Å². The minimum atomic E-state index is -0.422. The molecule has 21 heavy (non-hydrogen) atoms. The molecule has 2 aromatic rings. The lowest BCUT2D eigenvalue weighted by molar-refractivity contribution is -0.380. The van der Waals surface area contributed by atoms with Crippen molar-refractivity contribution in [1.29, 1.82) is 0 Å². The van der Waals surface area contributed by atoms with Crippen molar-refractivity contribution in [3.8, 4) is 10.8 Å². The molecule has 112 valence electrons. The average Bonchev–Trinajstić information content (AvgIpc) is 3.16. The lowest BCUT2D eigenvalue weighted by atomic mass is 10.2. The Bertz CT molecular complexity index is 634. The van der Waals surface area contributed by atoms with Crippen molar-refractivity contribution in [2.75, 3.05) is 26.2 Å². The third-order valence-electron chi connectivity index (χ3n) is 3.50. The normalized spacial score (nSPS) is 17.8. The first-order chi connectivity index (χ1) is 10.1. The van der Waals surface area contributed by atoms with Gasteiger partial charge in [0.05, 0.1) is 15.8 Å². The van der Waals surface area contributed by atoms with Gasteiger partial charge in [0.15, 0.2) is 5.82 Å². The number of nitrogens with one attached hydrogen (secondary N) is 1. The van der Waals surface area contributed by atoms with Gasteiger partial charge in [-0.05, 0) is 13.0 Å². The molecule has 3 heterocycles. The smallest absolute Gasteiger partial charge is 0.324 e. The van der Waals surface area contributed by atoms with Gasteiger partial charge in [0.1, 0.15) is 0 Å². The fourth-order valence-electron chi connectivity index (χ4n) is 2.28. The highest BCUT2D eigenvalue weighted by Crippen LogP contribution is 2.32. The molecule has 1 saturated heterocycles. The van der Waals surface area contributed by atoms with Crippen molar-refractivity contribution in [2.24, 2.45) is 0 Å². The van der Waals surface area contributed by atoms with E-state index in [1.165, 1.54) is 6.07 Å². The zero-order valence-corrected chi connectivity index (χ0v) is 12.3. The van der Waals surface area contributed by atoms with Crippen LogP contribution >= 0.6 is 11.3 Å². The van der Waals surface area contributed by atoms with Crippen molar-refractivity contribution in [3.63, 3.8) is 0 Å². The molecule has 1 aliphatic rings. The average molecular weight is 309 g/mol. The first-order valence-corrected chi connectivity index (χ1v) is 7.50. The molecule has 3 rings (SSSR count). The first-order valence-electron chi connectivity index (χ1n) is 6.68. The number of rotatable bonds is 4. The number of nitrogens with zero attached hydrogens (tertiary/aromatic N) is 4. The van der Waals surface area contributed by atoms with E-state index in [0.29, 0.717) is 16.6 Å². The Morgan fingerprint density at radius 1 is 1.48 bits per heavy atom. The summed E-state index contributed by atoms with van der Waals surface area (Å²) in [7, 11) is 0. The number of aromatic nitrogens is 2. The van der Waals surface area contributed by atoms with Crippen LogP contribution in [0.3, 0.4) is 0 Å². The van der Waals surface area contributed by atoms with E-state index < -0.39 is 4.92 Å². The number of piperazine rings is 1. The summed E-state index contributed by atoms with van der Waals surface area (Å²) in [5.41, 5.74) is 0. The van der Waals surface area contributed by atoms with Crippen LogP contribution in [0.15, 0.2) is 16.7 Å². The Labute approximate surface area is 124 Å². The maximum absolute atomic E-state index is 10.7. The number of thiophene rings is 1. The highest BCUT2D eigenvalue weighted by molar-refractivity contribution is 7.18. The van der Waals surface area contributed by atoms with Gasteiger partial charge in [0.2, 0.25) is 0 Å². The lowest BCUT2D eigenvalue weighted by Gasteiger charge is -2.30. The Hall–Kier alpha value is -1.84. The molecule has 1 unspecified atom stereocenters. The zero-order chi connectivity index (χ0) is 14.8. The van der Waals surface area contributed by atoms with Gasteiger partial charge < -0.3 is 9.84 Å². The highest BCUT2D eigenvalue weighted by atomic mass is 32.1. The van der Waals surface area contributed by atoms with Crippen LogP contribution in [0.25, 0.3) is 10.8 Å². The van der Waals surface area contributed by atoms with Gasteiger partial charge in [-0.25, -0.2) is 0 Å². The van der Waals surface area contributed by atoms with Gasteiger partial charge in [-0.2, -0.15) is 4.98 Å². The second-order valence-electron chi connectivity index (χ2n) is 4.81. The molecule has 0 spiro atoms. The molecule has 1 fully saturated rings. The second-order valence-corrected chi connectivity index (χ2v) is 5.88. The van der Waals surface area contributed by atoms with Crippen LogP contribution in [0.2, 0.25) is 0 Å². The molecular weight excluding hydrogens is 294 g/mol. The fraction of sp³-hybridized carbons (Fsp3) is 0.500. The van der Waals surface area contributed by atoms with Gasteiger partial charge in [0, 0.05) is 32.2 Å². The summed E-state index contributed by atoms with van der Waals surface area (Å²) in [6.07, 6.45) is 0. The predicted octanol–water partition coefficient (Wildman–Crippen LogP) is 1.67. The molecule has 0 aromatic carbocycles. The molecule has 0 aliphatic carbocycles. The SMILES string of the molecule is CC(c1noc(-c2ccc([N+](=O)[O-])s2)n1)N1CCNCC1. The standard InChI is InChI=1S/C12H15N5O3S/c1-8(16-6-4-13-5-7-16)11-14-12(20-15-11)9-2-3-10(21-9)17(18)19/h2-3,8,13H,4-7H2,1H3.